The quantitative estimate of drug-likeness (QED) is 0.340. The van der Waals surface area contributed by atoms with Crippen LogP contribution in [-0.4, -0.2) is 14.3 Å². The molecule has 27 heavy (non-hydrogen) atoms. The Morgan fingerprint density at radius 2 is 1.78 bits per heavy atom. The summed E-state index contributed by atoms with van der Waals surface area (Å²) in [5.41, 5.74) is 1.30. The zero-order chi connectivity index (χ0) is 19.3. The third-order valence-electron chi connectivity index (χ3n) is 4.41. The first-order chi connectivity index (χ1) is 12.9. The molecule has 0 aliphatic rings. The molecule has 0 bridgehead atoms. The number of thioether (sulfide) groups is 1. The number of rotatable bonds is 8. The molecule has 1 heterocycles. The molecule has 0 amide bonds. The van der Waals surface area contributed by atoms with E-state index in [0.717, 1.165) is 40.7 Å². The monoisotopic (exact) mass is 438 g/mol. The number of imidazole rings is 1. The molecular weight excluding hydrogens is 419 g/mol. The van der Waals surface area contributed by atoms with E-state index in [1.54, 1.807) is 11.8 Å². The van der Waals surface area contributed by atoms with Gasteiger partial charge in [-0.2, -0.15) is 0 Å². The van der Waals surface area contributed by atoms with E-state index < -0.39 is 0 Å². The summed E-state index contributed by atoms with van der Waals surface area (Å²) in [4.78, 5) is 5.19. The Balaban J connectivity index is 1.72. The van der Waals surface area contributed by atoms with Gasteiger partial charge in [0.05, 0.1) is 11.3 Å². The second kappa shape index (κ2) is 9.38. The van der Waals surface area contributed by atoms with Gasteiger partial charge in [0.2, 0.25) is 0 Å². The van der Waals surface area contributed by atoms with Gasteiger partial charge in [-0.1, -0.05) is 46.9 Å². The van der Waals surface area contributed by atoms with Crippen LogP contribution >= 0.6 is 46.6 Å². The van der Waals surface area contributed by atoms with Gasteiger partial charge in [0.25, 0.3) is 0 Å². The third-order valence-corrected chi connectivity index (χ3v) is 6.72. The van der Waals surface area contributed by atoms with Gasteiger partial charge in [0.1, 0.15) is 0 Å². The maximum atomic E-state index is 6.42. The molecule has 0 radical (unpaired) electrons. The fourth-order valence-electron chi connectivity index (χ4n) is 3.07. The second-order valence-electron chi connectivity index (χ2n) is 6.84. The molecule has 142 valence electrons. The standard InChI is InChI=1S/C21H21Cl3N2S/c1-21(14-26-12-11-25-15-26,27-20-13-18(23)8-9-19(20)24)10-2-3-16-4-6-17(22)7-5-16/h4-9,11-13,15H,2-3,10,14H2,1H3. The Bertz CT molecular complexity index is 866. The Kier molecular flexibility index (Phi) is 7.16. The summed E-state index contributed by atoms with van der Waals surface area (Å²) in [7, 11) is 0. The Labute approximate surface area is 179 Å². The van der Waals surface area contributed by atoms with Crippen LogP contribution in [0, 0.1) is 0 Å². The Morgan fingerprint density at radius 3 is 2.48 bits per heavy atom. The van der Waals surface area contributed by atoms with E-state index in [1.807, 2.05) is 49.1 Å². The van der Waals surface area contributed by atoms with Gasteiger partial charge >= 0.3 is 0 Å². The van der Waals surface area contributed by atoms with Crippen LogP contribution in [0.1, 0.15) is 25.3 Å². The van der Waals surface area contributed by atoms with Crippen LogP contribution in [0.25, 0.3) is 0 Å². The van der Waals surface area contributed by atoms with Gasteiger partial charge in [-0.05, 0) is 62.1 Å². The molecule has 1 unspecified atom stereocenters. The summed E-state index contributed by atoms with van der Waals surface area (Å²) < 4.78 is 2.08. The molecule has 0 aliphatic heterocycles. The van der Waals surface area contributed by atoms with Crippen LogP contribution in [0.5, 0.6) is 0 Å². The summed E-state index contributed by atoms with van der Waals surface area (Å²) in [5.74, 6) is 0. The van der Waals surface area contributed by atoms with Crippen LogP contribution < -0.4 is 0 Å². The highest BCUT2D eigenvalue weighted by Gasteiger charge is 2.27. The zero-order valence-corrected chi connectivity index (χ0v) is 18.1. The highest BCUT2D eigenvalue weighted by molar-refractivity contribution is 8.00. The third kappa shape index (κ3) is 6.18. The lowest BCUT2D eigenvalue weighted by atomic mass is 10.00. The minimum atomic E-state index is -0.0402. The second-order valence-corrected chi connectivity index (χ2v) is 9.75. The van der Waals surface area contributed by atoms with Crippen LogP contribution in [0.15, 0.2) is 66.1 Å². The number of hydrogen-bond donors (Lipinski definition) is 0. The normalized spacial score (nSPS) is 13.5. The summed E-state index contributed by atoms with van der Waals surface area (Å²) in [5, 5.41) is 2.21. The molecule has 3 aromatic rings. The van der Waals surface area contributed by atoms with Crippen molar-refractivity contribution < 1.29 is 0 Å². The van der Waals surface area contributed by atoms with Crippen molar-refractivity contribution >= 4 is 46.6 Å². The molecule has 0 fully saturated rings. The molecule has 1 atom stereocenters. The average molecular weight is 440 g/mol. The van der Waals surface area contributed by atoms with E-state index in [2.05, 4.69) is 28.6 Å². The number of nitrogens with zero attached hydrogens (tertiary/aromatic N) is 2. The molecule has 0 saturated heterocycles. The molecule has 0 aliphatic carbocycles. The van der Waals surface area contributed by atoms with Gasteiger partial charge in [0.15, 0.2) is 0 Å². The molecular formula is C21H21Cl3N2S. The Morgan fingerprint density at radius 1 is 1.04 bits per heavy atom. The van der Waals surface area contributed by atoms with Crippen LogP contribution in [0.4, 0.5) is 0 Å². The first-order valence-electron chi connectivity index (χ1n) is 8.78. The van der Waals surface area contributed by atoms with Gasteiger partial charge in [0, 0.05) is 38.6 Å². The molecule has 6 heteroatoms. The molecule has 0 N–H and O–H groups in total. The summed E-state index contributed by atoms with van der Waals surface area (Å²) in [6.07, 6.45) is 8.78. The smallest absolute Gasteiger partial charge is 0.0946 e. The maximum absolute atomic E-state index is 6.42. The molecule has 2 aromatic carbocycles. The summed E-state index contributed by atoms with van der Waals surface area (Å²) in [6, 6.07) is 13.7. The van der Waals surface area contributed by atoms with Crippen molar-refractivity contribution in [3.63, 3.8) is 0 Å². The lowest BCUT2D eigenvalue weighted by Crippen LogP contribution is -2.27. The van der Waals surface area contributed by atoms with Gasteiger partial charge in [-0.15, -0.1) is 11.8 Å². The molecule has 1 aromatic heterocycles. The molecule has 2 nitrogen and oxygen atoms in total. The van der Waals surface area contributed by atoms with Crippen LogP contribution in [0.3, 0.4) is 0 Å². The Hall–Kier alpha value is -1.13. The number of benzene rings is 2. The highest BCUT2D eigenvalue weighted by Crippen LogP contribution is 2.42. The number of aromatic nitrogens is 2. The first-order valence-corrected chi connectivity index (χ1v) is 10.7. The molecule has 0 saturated carbocycles. The van der Waals surface area contributed by atoms with Gasteiger partial charge in [-0.25, -0.2) is 4.98 Å². The first kappa shape index (κ1) is 20.6. The van der Waals surface area contributed by atoms with Crippen LogP contribution in [0.2, 0.25) is 15.1 Å². The minimum absolute atomic E-state index is 0.0402. The van der Waals surface area contributed by atoms with E-state index in [0.29, 0.717) is 5.02 Å². The fourth-order valence-corrected chi connectivity index (χ4v) is 5.01. The zero-order valence-electron chi connectivity index (χ0n) is 15.0. The average Bonchev–Trinajstić information content (AvgIpc) is 3.12. The van der Waals surface area contributed by atoms with E-state index in [1.165, 1.54) is 5.56 Å². The molecule has 0 spiro atoms. The largest absolute Gasteiger partial charge is 0.336 e. The predicted octanol–water partition coefficient (Wildman–Crippen LogP) is 7.42. The van der Waals surface area contributed by atoms with E-state index in [-0.39, 0.29) is 4.75 Å². The summed E-state index contributed by atoms with van der Waals surface area (Å²) >= 11 is 20.4. The minimum Gasteiger partial charge on any atom is -0.336 e. The fraction of sp³-hybridized carbons (Fsp3) is 0.286. The maximum Gasteiger partial charge on any atom is 0.0946 e. The van der Waals surface area contributed by atoms with Crippen molar-refractivity contribution in [1.82, 2.24) is 9.55 Å². The van der Waals surface area contributed by atoms with Crippen molar-refractivity contribution in [1.29, 1.82) is 0 Å². The van der Waals surface area contributed by atoms with E-state index in [4.69, 9.17) is 34.8 Å². The highest BCUT2D eigenvalue weighted by atomic mass is 35.5. The van der Waals surface area contributed by atoms with Crippen molar-refractivity contribution in [2.45, 2.75) is 42.4 Å². The number of aryl methyl sites for hydroxylation is 1. The number of hydrogen-bond acceptors (Lipinski definition) is 2. The number of halogens is 3. The van der Waals surface area contributed by atoms with Gasteiger partial charge in [-0.3, -0.25) is 0 Å². The van der Waals surface area contributed by atoms with Crippen molar-refractivity contribution in [3.05, 3.63) is 81.8 Å². The van der Waals surface area contributed by atoms with Crippen molar-refractivity contribution in [3.8, 4) is 0 Å². The lowest BCUT2D eigenvalue weighted by molar-refractivity contribution is 0.480. The lowest BCUT2D eigenvalue weighted by Gasteiger charge is -2.30. The SMILES string of the molecule is CC(CCCc1ccc(Cl)cc1)(Cn1ccnc1)Sc1cc(Cl)ccc1Cl. The van der Waals surface area contributed by atoms with Gasteiger partial charge < -0.3 is 4.57 Å². The predicted molar refractivity (Wildman–Crippen MR) is 117 cm³/mol. The van der Waals surface area contributed by atoms with Crippen LogP contribution in [-0.2, 0) is 13.0 Å². The molecule has 3 rings (SSSR count). The summed E-state index contributed by atoms with van der Waals surface area (Å²) in [6.45, 7) is 3.12. The topological polar surface area (TPSA) is 17.8 Å². The van der Waals surface area contributed by atoms with E-state index in [9.17, 15) is 0 Å². The van der Waals surface area contributed by atoms with Crippen molar-refractivity contribution in [2.75, 3.05) is 0 Å². The van der Waals surface area contributed by atoms with E-state index >= 15 is 0 Å². The van der Waals surface area contributed by atoms with Crippen molar-refractivity contribution in [2.24, 2.45) is 0 Å².